The number of hydrogen-bond acceptors (Lipinski definition) is 2. The number of ether oxygens (including phenoxy) is 1. The van der Waals surface area contributed by atoms with Gasteiger partial charge in [0.1, 0.15) is 0 Å². The molecule has 156 valence electrons. The van der Waals surface area contributed by atoms with E-state index in [0.717, 1.165) is 0 Å². The molecule has 0 aliphatic heterocycles. The van der Waals surface area contributed by atoms with E-state index in [-0.39, 0.29) is 5.97 Å². The summed E-state index contributed by atoms with van der Waals surface area (Å²) in [5.41, 5.74) is 0.688. The van der Waals surface area contributed by atoms with Crippen molar-refractivity contribution in [2.24, 2.45) is 0 Å². The SMILES string of the molecule is CCCCCCCCC/C=C/C=C/C=C/C=C/C=C/C=C(\CC)C(=O)OCC. The predicted molar refractivity (Wildman–Crippen MR) is 123 cm³/mol. The van der Waals surface area contributed by atoms with Crippen molar-refractivity contribution in [3.05, 3.63) is 72.4 Å². The Hall–Kier alpha value is -2.09. The minimum atomic E-state index is -0.233. The average Bonchev–Trinajstić information content (AvgIpc) is 2.70. The van der Waals surface area contributed by atoms with Gasteiger partial charge in [0.25, 0.3) is 0 Å². The Morgan fingerprint density at radius 1 is 0.679 bits per heavy atom. The normalized spacial score (nSPS) is 13.2. The number of rotatable bonds is 16. The van der Waals surface area contributed by atoms with Crippen molar-refractivity contribution in [2.75, 3.05) is 6.61 Å². The highest BCUT2D eigenvalue weighted by molar-refractivity contribution is 5.88. The van der Waals surface area contributed by atoms with Crippen LogP contribution >= 0.6 is 0 Å². The Morgan fingerprint density at radius 3 is 1.79 bits per heavy atom. The minimum Gasteiger partial charge on any atom is -0.463 e. The third-order valence-corrected chi connectivity index (χ3v) is 4.22. The van der Waals surface area contributed by atoms with Crippen LogP contribution in [-0.4, -0.2) is 12.6 Å². The van der Waals surface area contributed by atoms with Gasteiger partial charge >= 0.3 is 5.97 Å². The van der Waals surface area contributed by atoms with E-state index in [1.54, 1.807) is 0 Å². The highest BCUT2D eigenvalue weighted by Gasteiger charge is 2.05. The van der Waals surface area contributed by atoms with Gasteiger partial charge in [-0.1, -0.05) is 119 Å². The summed E-state index contributed by atoms with van der Waals surface area (Å²) >= 11 is 0. The lowest BCUT2D eigenvalue weighted by atomic mass is 10.1. The molecule has 0 atom stereocenters. The van der Waals surface area contributed by atoms with Crippen LogP contribution in [0.3, 0.4) is 0 Å². The maximum atomic E-state index is 11.6. The van der Waals surface area contributed by atoms with Crippen LogP contribution in [0.5, 0.6) is 0 Å². The lowest BCUT2D eigenvalue weighted by Gasteiger charge is -2.02. The highest BCUT2D eigenvalue weighted by atomic mass is 16.5. The molecule has 28 heavy (non-hydrogen) atoms. The summed E-state index contributed by atoms with van der Waals surface area (Å²) in [7, 11) is 0. The topological polar surface area (TPSA) is 26.3 Å². The van der Waals surface area contributed by atoms with Gasteiger partial charge in [0.2, 0.25) is 0 Å². The molecule has 0 spiro atoms. The van der Waals surface area contributed by atoms with Crippen LogP contribution < -0.4 is 0 Å². The maximum absolute atomic E-state index is 11.6. The summed E-state index contributed by atoms with van der Waals surface area (Å²) in [6.45, 7) is 6.44. The summed E-state index contributed by atoms with van der Waals surface area (Å²) in [4.78, 5) is 11.6. The molecule has 0 heterocycles. The molecule has 0 rings (SSSR count). The van der Waals surface area contributed by atoms with Gasteiger partial charge < -0.3 is 4.74 Å². The van der Waals surface area contributed by atoms with Crippen LogP contribution in [0.4, 0.5) is 0 Å². The Bertz CT molecular complexity index is 545. The molecule has 0 fully saturated rings. The zero-order valence-electron chi connectivity index (χ0n) is 18.2. The quantitative estimate of drug-likeness (QED) is 0.117. The van der Waals surface area contributed by atoms with Gasteiger partial charge in [0.15, 0.2) is 0 Å². The second-order valence-electron chi connectivity index (χ2n) is 6.64. The Morgan fingerprint density at radius 2 is 1.21 bits per heavy atom. The molecular formula is C26H40O2. The van der Waals surface area contributed by atoms with Gasteiger partial charge in [-0.25, -0.2) is 4.79 Å². The van der Waals surface area contributed by atoms with Crippen molar-refractivity contribution in [2.45, 2.75) is 78.6 Å². The Kier molecular flexibility index (Phi) is 19.6. The number of carbonyl (C=O) groups is 1. The van der Waals surface area contributed by atoms with Gasteiger partial charge in [-0.05, 0) is 26.2 Å². The van der Waals surface area contributed by atoms with Crippen LogP contribution in [0, 0.1) is 0 Å². The van der Waals surface area contributed by atoms with Crippen molar-refractivity contribution in [3.8, 4) is 0 Å². The zero-order chi connectivity index (χ0) is 20.7. The zero-order valence-corrected chi connectivity index (χ0v) is 18.2. The molecule has 0 saturated heterocycles. The first-order chi connectivity index (χ1) is 13.8. The number of hydrogen-bond donors (Lipinski definition) is 0. The van der Waals surface area contributed by atoms with Gasteiger partial charge in [0, 0.05) is 5.57 Å². The molecule has 0 aromatic carbocycles. The Labute approximate surface area is 173 Å². The smallest absolute Gasteiger partial charge is 0.333 e. The molecule has 0 bridgehead atoms. The fraction of sp³-hybridized carbons (Fsp3) is 0.500. The first-order valence-electron chi connectivity index (χ1n) is 11.0. The van der Waals surface area contributed by atoms with Crippen molar-refractivity contribution < 1.29 is 9.53 Å². The summed E-state index contributed by atoms with van der Waals surface area (Å²) in [5.74, 6) is -0.233. The summed E-state index contributed by atoms with van der Waals surface area (Å²) in [6.07, 6.45) is 33.3. The van der Waals surface area contributed by atoms with Gasteiger partial charge in [-0.15, -0.1) is 0 Å². The van der Waals surface area contributed by atoms with Gasteiger partial charge in [-0.3, -0.25) is 0 Å². The third-order valence-electron chi connectivity index (χ3n) is 4.22. The van der Waals surface area contributed by atoms with Crippen LogP contribution in [-0.2, 0) is 9.53 Å². The standard InChI is InChI=1S/C26H40O2/c1-4-7-8-9-10-11-12-13-14-15-16-17-18-19-20-21-22-23-24-25(5-2)26(27)28-6-3/h14-24H,4-13H2,1-3H3/b15-14+,17-16+,19-18+,21-20+,23-22+,25-24+. The van der Waals surface area contributed by atoms with E-state index in [1.165, 1.54) is 51.4 Å². The second kappa shape index (κ2) is 21.2. The van der Waals surface area contributed by atoms with Crippen LogP contribution in [0.2, 0.25) is 0 Å². The second-order valence-corrected chi connectivity index (χ2v) is 6.64. The number of unbranched alkanes of at least 4 members (excludes halogenated alkanes) is 7. The number of esters is 1. The average molecular weight is 385 g/mol. The van der Waals surface area contributed by atoms with Crippen LogP contribution in [0.1, 0.15) is 78.6 Å². The molecule has 0 saturated carbocycles. The lowest BCUT2D eigenvalue weighted by Crippen LogP contribution is -2.06. The van der Waals surface area contributed by atoms with E-state index in [2.05, 4.69) is 25.2 Å². The van der Waals surface area contributed by atoms with E-state index in [1.807, 2.05) is 62.5 Å². The molecule has 0 amide bonds. The van der Waals surface area contributed by atoms with Crippen LogP contribution in [0.25, 0.3) is 0 Å². The molecule has 0 aromatic heterocycles. The summed E-state index contributed by atoms with van der Waals surface area (Å²) in [6, 6.07) is 0. The number of carbonyl (C=O) groups excluding carboxylic acids is 1. The molecule has 0 radical (unpaired) electrons. The fourth-order valence-electron chi connectivity index (χ4n) is 2.57. The molecule has 0 aliphatic carbocycles. The molecule has 0 unspecified atom stereocenters. The monoisotopic (exact) mass is 384 g/mol. The predicted octanol–water partition coefficient (Wildman–Crippen LogP) is 7.81. The summed E-state index contributed by atoms with van der Waals surface area (Å²) in [5, 5.41) is 0. The first kappa shape index (κ1) is 25.9. The van der Waals surface area contributed by atoms with Crippen molar-refractivity contribution >= 4 is 5.97 Å². The van der Waals surface area contributed by atoms with E-state index in [4.69, 9.17) is 4.74 Å². The molecule has 0 N–H and O–H groups in total. The maximum Gasteiger partial charge on any atom is 0.333 e. The van der Waals surface area contributed by atoms with Crippen LogP contribution in [0.15, 0.2) is 72.4 Å². The van der Waals surface area contributed by atoms with Gasteiger partial charge in [-0.2, -0.15) is 0 Å². The minimum absolute atomic E-state index is 0.233. The third kappa shape index (κ3) is 17.3. The molecule has 2 nitrogen and oxygen atoms in total. The molecule has 0 aromatic rings. The molecular weight excluding hydrogens is 344 g/mol. The number of allylic oxidation sites excluding steroid dienone is 11. The molecule has 2 heteroatoms. The highest BCUT2D eigenvalue weighted by Crippen LogP contribution is 2.08. The van der Waals surface area contributed by atoms with Crippen molar-refractivity contribution in [1.29, 1.82) is 0 Å². The summed E-state index contributed by atoms with van der Waals surface area (Å²) < 4.78 is 5.00. The van der Waals surface area contributed by atoms with Crippen molar-refractivity contribution in [1.82, 2.24) is 0 Å². The Balaban J connectivity index is 3.88. The van der Waals surface area contributed by atoms with Crippen molar-refractivity contribution in [3.63, 3.8) is 0 Å². The van der Waals surface area contributed by atoms with E-state index in [0.29, 0.717) is 18.6 Å². The fourth-order valence-corrected chi connectivity index (χ4v) is 2.57. The van der Waals surface area contributed by atoms with E-state index < -0.39 is 0 Å². The van der Waals surface area contributed by atoms with E-state index in [9.17, 15) is 4.79 Å². The largest absolute Gasteiger partial charge is 0.463 e. The van der Waals surface area contributed by atoms with E-state index >= 15 is 0 Å². The molecule has 0 aliphatic rings. The first-order valence-corrected chi connectivity index (χ1v) is 11.0. The van der Waals surface area contributed by atoms with Gasteiger partial charge in [0.05, 0.1) is 6.61 Å². The lowest BCUT2D eigenvalue weighted by molar-refractivity contribution is -0.138.